The highest BCUT2D eigenvalue weighted by molar-refractivity contribution is 5.73. The molecule has 1 heterocycles. The van der Waals surface area contributed by atoms with E-state index in [1.54, 1.807) is 6.20 Å². The van der Waals surface area contributed by atoms with Crippen molar-refractivity contribution in [2.75, 3.05) is 0 Å². The van der Waals surface area contributed by atoms with Crippen molar-refractivity contribution in [1.29, 1.82) is 0 Å². The third kappa shape index (κ3) is 3.89. The smallest absolute Gasteiger partial charge is 0.315 e. The van der Waals surface area contributed by atoms with Crippen LogP contribution in [0.4, 0.5) is 4.79 Å². The Morgan fingerprint density at radius 2 is 2.29 bits per heavy atom. The predicted octanol–water partition coefficient (Wildman–Crippen LogP) is 1.29. The second-order valence-electron chi connectivity index (χ2n) is 3.30. The first-order valence-corrected chi connectivity index (χ1v) is 4.63. The lowest BCUT2D eigenvalue weighted by atomic mass is 10.3. The average Bonchev–Trinajstić information content (AvgIpc) is 2.15. The third-order valence-electron chi connectivity index (χ3n) is 1.58. The van der Waals surface area contributed by atoms with Crippen LogP contribution in [-0.2, 0) is 6.54 Å². The van der Waals surface area contributed by atoms with Crippen LogP contribution in [0.3, 0.4) is 0 Å². The van der Waals surface area contributed by atoms with Gasteiger partial charge < -0.3 is 10.6 Å². The highest BCUT2D eigenvalue weighted by Gasteiger charge is 2.01. The van der Waals surface area contributed by atoms with E-state index in [1.807, 2.05) is 32.0 Å². The number of pyridine rings is 1. The highest BCUT2D eigenvalue weighted by Crippen LogP contribution is 1.91. The Kier molecular flexibility index (Phi) is 3.91. The molecule has 4 nitrogen and oxygen atoms in total. The molecular weight excluding hydrogens is 178 g/mol. The molecule has 0 aromatic carbocycles. The molecule has 0 aliphatic rings. The first-order valence-electron chi connectivity index (χ1n) is 4.63. The summed E-state index contributed by atoms with van der Waals surface area (Å²) in [7, 11) is 0. The summed E-state index contributed by atoms with van der Waals surface area (Å²) in [4.78, 5) is 15.3. The molecule has 0 atom stereocenters. The van der Waals surface area contributed by atoms with Crippen molar-refractivity contribution in [2.45, 2.75) is 26.4 Å². The van der Waals surface area contributed by atoms with E-state index in [0.717, 1.165) is 5.69 Å². The lowest BCUT2D eigenvalue weighted by Gasteiger charge is -2.09. The van der Waals surface area contributed by atoms with Crippen LogP contribution >= 0.6 is 0 Å². The fourth-order valence-electron chi connectivity index (χ4n) is 0.987. The van der Waals surface area contributed by atoms with E-state index >= 15 is 0 Å². The summed E-state index contributed by atoms with van der Waals surface area (Å²) in [6.45, 7) is 4.29. The second-order valence-corrected chi connectivity index (χ2v) is 3.30. The van der Waals surface area contributed by atoms with Crippen LogP contribution in [0.15, 0.2) is 24.4 Å². The Hall–Kier alpha value is -1.58. The number of carbonyl (C=O) groups excluding carboxylic acids is 1. The third-order valence-corrected chi connectivity index (χ3v) is 1.58. The number of rotatable bonds is 3. The average molecular weight is 193 g/mol. The summed E-state index contributed by atoms with van der Waals surface area (Å²) in [6, 6.07) is 5.60. The minimum atomic E-state index is -0.161. The molecular formula is C10H15N3O. The fraction of sp³-hybridized carbons (Fsp3) is 0.400. The number of aromatic nitrogens is 1. The molecule has 1 rings (SSSR count). The van der Waals surface area contributed by atoms with Gasteiger partial charge in [0.15, 0.2) is 0 Å². The summed E-state index contributed by atoms with van der Waals surface area (Å²) in [5.74, 6) is 0. The van der Waals surface area contributed by atoms with Gasteiger partial charge in [-0.3, -0.25) is 4.98 Å². The van der Waals surface area contributed by atoms with E-state index in [1.165, 1.54) is 0 Å². The van der Waals surface area contributed by atoms with Gasteiger partial charge in [-0.2, -0.15) is 0 Å². The second kappa shape index (κ2) is 5.21. The van der Waals surface area contributed by atoms with Gasteiger partial charge in [0.05, 0.1) is 12.2 Å². The summed E-state index contributed by atoms with van der Waals surface area (Å²) >= 11 is 0. The van der Waals surface area contributed by atoms with E-state index in [-0.39, 0.29) is 12.1 Å². The maximum Gasteiger partial charge on any atom is 0.315 e. The zero-order valence-electron chi connectivity index (χ0n) is 8.45. The fourth-order valence-corrected chi connectivity index (χ4v) is 0.987. The van der Waals surface area contributed by atoms with Crippen molar-refractivity contribution in [3.8, 4) is 0 Å². The highest BCUT2D eigenvalue weighted by atomic mass is 16.2. The van der Waals surface area contributed by atoms with Crippen molar-refractivity contribution in [3.05, 3.63) is 30.1 Å². The van der Waals surface area contributed by atoms with Crippen LogP contribution in [0.1, 0.15) is 19.5 Å². The SMILES string of the molecule is CC(C)NC(=O)NCc1ccccn1. The van der Waals surface area contributed by atoms with E-state index < -0.39 is 0 Å². The molecule has 14 heavy (non-hydrogen) atoms. The molecule has 2 amide bonds. The molecule has 0 saturated heterocycles. The summed E-state index contributed by atoms with van der Waals surface area (Å²) in [6.07, 6.45) is 1.71. The molecule has 1 aromatic heterocycles. The van der Waals surface area contributed by atoms with Crippen LogP contribution in [-0.4, -0.2) is 17.1 Å². The molecule has 0 radical (unpaired) electrons. The molecule has 0 saturated carbocycles. The lowest BCUT2D eigenvalue weighted by molar-refractivity contribution is 0.238. The maximum absolute atomic E-state index is 11.2. The van der Waals surface area contributed by atoms with Crippen LogP contribution in [0.2, 0.25) is 0 Å². The molecule has 1 aromatic rings. The van der Waals surface area contributed by atoms with Crippen molar-refractivity contribution in [1.82, 2.24) is 15.6 Å². The van der Waals surface area contributed by atoms with E-state index in [2.05, 4.69) is 15.6 Å². The molecule has 0 fully saturated rings. The van der Waals surface area contributed by atoms with E-state index in [0.29, 0.717) is 6.54 Å². The minimum Gasteiger partial charge on any atom is -0.336 e. The van der Waals surface area contributed by atoms with Crippen LogP contribution in [0, 0.1) is 0 Å². The Bertz CT molecular complexity index is 285. The quantitative estimate of drug-likeness (QED) is 0.760. The number of hydrogen-bond donors (Lipinski definition) is 2. The topological polar surface area (TPSA) is 54.0 Å². The number of amides is 2. The Morgan fingerprint density at radius 1 is 1.50 bits per heavy atom. The van der Waals surface area contributed by atoms with Gasteiger partial charge in [-0.05, 0) is 26.0 Å². The van der Waals surface area contributed by atoms with Gasteiger partial charge in [0, 0.05) is 12.2 Å². The van der Waals surface area contributed by atoms with Crippen molar-refractivity contribution >= 4 is 6.03 Å². The van der Waals surface area contributed by atoms with Crippen LogP contribution in [0.5, 0.6) is 0 Å². The molecule has 76 valence electrons. The van der Waals surface area contributed by atoms with Crippen LogP contribution < -0.4 is 10.6 Å². The summed E-state index contributed by atoms with van der Waals surface area (Å²) in [5, 5.41) is 5.45. The molecule has 0 unspecified atom stereocenters. The van der Waals surface area contributed by atoms with Crippen LogP contribution in [0.25, 0.3) is 0 Å². The molecule has 2 N–H and O–H groups in total. The van der Waals surface area contributed by atoms with Crippen molar-refractivity contribution in [2.24, 2.45) is 0 Å². The van der Waals surface area contributed by atoms with Gasteiger partial charge in [0.2, 0.25) is 0 Å². The molecule has 0 aliphatic carbocycles. The predicted molar refractivity (Wildman–Crippen MR) is 54.7 cm³/mol. The number of hydrogen-bond acceptors (Lipinski definition) is 2. The first kappa shape index (κ1) is 10.5. The van der Waals surface area contributed by atoms with Crippen molar-refractivity contribution < 1.29 is 4.79 Å². The van der Waals surface area contributed by atoms with E-state index in [4.69, 9.17) is 0 Å². The molecule has 0 bridgehead atoms. The van der Waals surface area contributed by atoms with Gasteiger partial charge in [0.1, 0.15) is 0 Å². The van der Waals surface area contributed by atoms with Gasteiger partial charge in [0.25, 0.3) is 0 Å². The minimum absolute atomic E-state index is 0.152. The number of nitrogens with one attached hydrogen (secondary N) is 2. The largest absolute Gasteiger partial charge is 0.336 e. The van der Waals surface area contributed by atoms with Gasteiger partial charge in [-0.25, -0.2) is 4.79 Å². The molecule has 0 aliphatic heterocycles. The standard InChI is InChI=1S/C10H15N3O/c1-8(2)13-10(14)12-7-9-5-3-4-6-11-9/h3-6,8H,7H2,1-2H3,(H2,12,13,14). The zero-order valence-corrected chi connectivity index (χ0v) is 8.45. The Morgan fingerprint density at radius 3 is 2.86 bits per heavy atom. The first-order chi connectivity index (χ1) is 6.68. The maximum atomic E-state index is 11.2. The Labute approximate surface area is 83.7 Å². The monoisotopic (exact) mass is 193 g/mol. The van der Waals surface area contributed by atoms with E-state index in [9.17, 15) is 4.79 Å². The molecule has 4 heteroatoms. The number of nitrogens with zero attached hydrogens (tertiary/aromatic N) is 1. The normalized spacial score (nSPS) is 9.93. The summed E-state index contributed by atoms with van der Waals surface area (Å²) in [5.41, 5.74) is 0.853. The lowest BCUT2D eigenvalue weighted by Crippen LogP contribution is -2.39. The Balaban J connectivity index is 2.31. The van der Waals surface area contributed by atoms with Gasteiger partial charge >= 0.3 is 6.03 Å². The number of carbonyl (C=O) groups is 1. The van der Waals surface area contributed by atoms with Crippen molar-refractivity contribution in [3.63, 3.8) is 0 Å². The zero-order chi connectivity index (χ0) is 10.4. The molecule has 0 spiro atoms. The number of urea groups is 1. The summed E-state index contributed by atoms with van der Waals surface area (Å²) < 4.78 is 0. The van der Waals surface area contributed by atoms with Gasteiger partial charge in [-0.15, -0.1) is 0 Å². The van der Waals surface area contributed by atoms with Gasteiger partial charge in [-0.1, -0.05) is 6.07 Å².